The number of benzene rings is 1. The molecule has 1 unspecified atom stereocenters. The lowest BCUT2D eigenvalue weighted by Gasteiger charge is -2.09. The molecule has 0 radical (unpaired) electrons. The first-order valence-electron chi connectivity index (χ1n) is 6.60. The number of H-pyrrole nitrogens is 1. The van der Waals surface area contributed by atoms with E-state index in [1.807, 2.05) is 37.4 Å². The predicted octanol–water partition coefficient (Wildman–Crippen LogP) is 2.50. The highest BCUT2D eigenvalue weighted by atomic mass is 35.5. The van der Waals surface area contributed by atoms with Gasteiger partial charge >= 0.3 is 0 Å². The number of hydrogen-bond acceptors (Lipinski definition) is 2. The standard InChI is InChI=1S/C14H19ClN2O2S/c1-11(8-15)10-20(18,19)17-7-6-12-9-16-14-5-3-2-4-13(12)14/h2-5,9,11,16-17H,6-8,10H2,1H3. The van der Waals surface area contributed by atoms with Crippen LogP contribution in [0.1, 0.15) is 12.5 Å². The molecule has 1 aromatic carbocycles. The fourth-order valence-corrected chi connectivity index (χ4v) is 3.79. The first kappa shape index (κ1) is 15.4. The van der Waals surface area contributed by atoms with Gasteiger partial charge in [-0.05, 0) is 24.0 Å². The van der Waals surface area contributed by atoms with Gasteiger partial charge in [0.25, 0.3) is 0 Å². The van der Waals surface area contributed by atoms with Gasteiger partial charge in [-0.2, -0.15) is 0 Å². The van der Waals surface area contributed by atoms with Gasteiger partial charge in [0.05, 0.1) is 5.75 Å². The Kier molecular flexibility index (Phi) is 5.07. The second kappa shape index (κ2) is 6.61. The van der Waals surface area contributed by atoms with Crippen molar-refractivity contribution < 1.29 is 8.42 Å². The molecular formula is C14H19ClN2O2S. The fourth-order valence-electron chi connectivity index (χ4n) is 2.16. The van der Waals surface area contributed by atoms with E-state index in [1.54, 1.807) is 0 Å². The van der Waals surface area contributed by atoms with Crippen LogP contribution in [-0.2, 0) is 16.4 Å². The van der Waals surface area contributed by atoms with Crippen LogP contribution in [0, 0.1) is 5.92 Å². The van der Waals surface area contributed by atoms with Gasteiger partial charge < -0.3 is 4.98 Å². The SMILES string of the molecule is CC(CCl)CS(=O)(=O)NCCc1c[nH]c2ccccc12. The third-order valence-corrected chi connectivity index (χ3v) is 5.34. The Bertz CT molecular complexity index is 667. The minimum Gasteiger partial charge on any atom is -0.361 e. The minimum atomic E-state index is -3.24. The number of rotatable bonds is 7. The van der Waals surface area contributed by atoms with Crippen molar-refractivity contribution in [1.29, 1.82) is 0 Å². The van der Waals surface area contributed by atoms with E-state index in [-0.39, 0.29) is 11.7 Å². The molecule has 0 aliphatic carbocycles. The van der Waals surface area contributed by atoms with Crippen LogP contribution in [-0.4, -0.2) is 31.6 Å². The molecule has 2 aromatic rings. The van der Waals surface area contributed by atoms with Crippen molar-refractivity contribution in [3.05, 3.63) is 36.0 Å². The largest absolute Gasteiger partial charge is 0.361 e. The molecule has 1 atom stereocenters. The Morgan fingerprint density at radius 3 is 2.85 bits per heavy atom. The Morgan fingerprint density at radius 2 is 2.10 bits per heavy atom. The van der Waals surface area contributed by atoms with Gasteiger partial charge in [0, 0.05) is 29.5 Å². The summed E-state index contributed by atoms with van der Waals surface area (Å²) >= 11 is 5.64. The highest BCUT2D eigenvalue weighted by Crippen LogP contribution is 2.17. The molecule has 0 aliphatic rings. The van der Waals surface area contributed by atoms with Crippen molar-refractivity contribution in [2.75, 3.05) is 18.2 Å². The van der Waals surface area contributed by atoms with E-state index in [9.17, 15) is 8.42 Å². The third kappa shape index (κ3) is 3.98. The number of aromatic nitrogens is 1. The smallest absolute Gasteiger partial charge is 0.211 e. The summed E-state index contributed by atoms with van der Waals surface area (Å²) in [6, 6.07) is 7.99. The summed E-state index contributed by atoms with van der Waals surface area (Å²) in [5.41, 5.74) is 2.19. The van der Waals surface area contributed by atoms with Gasteiger partial charge in [0.1, 0.15) is 0 Å². The van der Waals surface area contributed by atoms with Crippen LogP contribution >= 0.6 is 11.6 Å². The van der Waals surface area contributed by atoms with E-state index in [1.165, 1.54) is 0 Å². The molecule has 0 spiro atoms. The zero-order valence-electron chi connectivity index (χ0n) is 11.4. The number of sulfonamides is 1. The maximum Gasteiger partial charge on any atom is 0.211 e. The molecule has 0 fully saturated rings. The summed E-state index contributed by atoms with van der Waals surface area (Å²) in [4.78, 5) is 3.18. The summed E-state index contributed by atoms with van der Waals surface area (Å²) in [5.74, 6) is 0.385. The number of fused-ring (bicyclic) bond motifs is 1. The van der Waals surface area contributed by atoms with Crippen molar-refractivity contribution in [2.24, 2.45) is 5.92 Å². The lowest BCUT2D eigenvalue weighted by Crippen LogP contribution is -2.31. The van der Waals surface area contributed by atoms with E-state index in [2.05, 4.69) is 9.71 Å². The van der Waals surface area contributed by atoms with Crippen LogP contribution in [0.5, 0.6) is 0 Å². The first-order valence-corrected chi connectivity index (χ1v) is 8.79. The average Bonchev–Trinajstić information content (AvgIpc) is 2.81. The lowest BCUT2D eigenvalue weighted by atomic mass is 10.1. The van der Waals surface area contributed by atoms with Crippen LogP contribution in [0.15, 0.2) is 30.5 Å². The monoisotopic (exact) mass is 314 g/mol. The van der Waals surface area contributed by atoms with Gasteiger partial charge in [-0.3, -0.25) is 0 Å². The molecule has 0 amide bonds. The highest BCUT2D eigenvalue weighted by Gasteiger charge is 2.14. The molecule has 6 heteroatoms. The molecular weight excluding hydrogens is 296 g/mol. The minimum absolute atomic E-state index is 0.0396. The summed E-state index contributed by atoms with van der Waals surface area (Å²) in [6.45, 7) is 2.23. The second-order valence-electron chi connectivity index (χ2n) is 5.04. The Labute approximate surface area is 124 Å². The van der Waals surface area contributed by atoms with E-state index in [4.69, 9.17) is 11.6 Å². The van der Waals surface area contributed by atoms with Gasteiger partial charge in [-0.15, -0.1) is 11.6 Å². The van der Waals surface area contributed by atoms with E-state index in [0.29, 0.717) is 18.8 Å². The topological polar surface area (TPSA) is 62.0 Å². The summed E-state index contributed by atoms with van der Waals surface area (Å²) < 4.78 is 26.3. The highest BCUT2D eigenvalue weighted by molar-refractivity contribution is 7.89. The zero-order chi connectivity index (χ0) is 14.6. The van der Waals surface area contributed by atoms with Gasteiger partial charge in [-0.1, -0.05) is 25.1 Å². The van der Waals surface area contributed by atoms with Crippen LogP contribution < -0.4 is 4.72 Å². The fraction of sp³-hybridized carbons (Fsp3) is 0.429. The molecule has 1 heterocycles. The van der Waals surface area contributed by atoms with Crippen LogP contribution in [0.4, 0.5) is 0 Å². The molecule has 0 saturated carbocycles. The molecule has 110 valence electrons. The molecule has 0 saturated heterocycles. The molecule has 0 aliphatic heterocycles. The summed E-state index contributed by atoms with van der Waals surface area (Å²) in [6.07, 6.45) is 2.60. The van der Waals surface area contributed by atoms with Crippen molar-refractivity contribution in [3.8, 4) is 0 Å². The second-order valence-corrected chi connectivity index (χ2v) is 7.20. The Morgan fingerprint density at radius 1 is 1.35 bits per heavy atom. The number of halogens is 1. The maximum absolute atomic E-state index is 11.8. The number of alkyl halides is 1. The summed E-state index contributed by atoms with van der Waals surface area (Å²) in [7, 11) is -3.24. The number of hydrogen-bond donors (Lipinski definition) is 2. The van der Waals surface area contributed by atoms with E-state index >= 15 is 0 Å². The quantitative estimate of drug-likeness (QED) is 0.771. The molecule has 2 N–H and O–H groups in total. The van der Waals surface area contributed by atoms with Crippen molar-refractivity contribution in [3.63, 3.8) is 0 Å². The normalized spacial score (nSPS) is 13.7. The maximum atomic E-state index is 11.8. The van der Waals surface area contributed by atoms with Crippen molar-refractivity contribution in [2.45, 2.75) is 13.3 Å². The Hall–Kier alpha value is -1.04. The molecule has 20 heavy (non-hydrogen) atoms. The average molecular weight is 315 g/mol. The molecule has 1 aromatic heterocycles. The van der Waals surface area contributed by atoms with Crippen LogP contribution in [0.3, 0.4) is 0 Å². The number of aromatic amines is 1. The molecule has 4 nitrogen and oxygen atoms in total. The van der Waals surface area contributed by atoms with E-state index in [0.717, 1.165) is 16.5 Å². The number of nitrogens with one attached hydrogen (secondary N) is 2. The van der Waals surface area contributed by atoms with Gasteiger partial charge in [0.2, 0.25) is 10.0 Å². The third-order valence-electron chi connectivity index (χ3n) is 3.16. The van der Waals surface area contributed by atoms with Crippen molar-refractivity contribution in [1.82, 2.24) is 9.71 Å². The van der Waals surface area contributed by atoms with Crippen molar-refractivity contribution >= 4 is 32.5 Å². The lowest BCUT2D eigenvalue weighted by molar-refractivity contribution is 0.569. The predicted molar refractivity (Wildman–Crippen MR) is 83.7 cm³/mol. The first-order chi connectivity index (χ1) is 9.52. The molecule has 0 bridgehead atoms. The van der Waals surface area contributed by atoms with Crippen LogP contribution in [0.2, 0.25) is 0 Å². The van der Waals surface area contributed by atoms with E-state index < -0.39 is 10.0 Å². The van der Waals surface area contributed by atoms with Crippen LogP contribution in [0.25, 0.3) is 10.9 Å². The van der Waals surface area contributed by atoms with Gasteiger partial charge in [-0.25, -0.2) is 13.1 Å². The zero-order valence-corrected chi connectivity index (χ0v) is 13.0. The number of para-hydroxylation sites is 1. The summed E-state index contributed by atoms with van der Waals surface area (Å²) in [5, 5.41) is 1.14. The van der Waals surface area contributed by atoms with Gasteiger partial charge in [0.15, 0.2) is 0 Å². The Balaban J connectivity index is 1.93. The molecule has 2 rings (SSSR count).